The summed E-state index contributed by atoms with van der Waals surface area (Å²) in [6.07, 6.45) is 0.203. The summed E-state index contributed by atoms with van der Waals surface area (Å²) in [5.41, 5.74) is 0.705. The second kappa shape index (κ2) is 8.08. The van der Waals surface area contributed by atoms with E-state index in [0.717, 1.165) is 13.1 Å². The van der Waals surface area contributed by atoms with E-state index in [0.29, 0.717) is 18.7 Å². The molecule has 6 heteroatoms. The number of hydrogen-bond acceptors (Lipinski definition) is 3. The van der Waals surface area contributed by atoms with Gasteiger partial charge in [-0.15, -0.1) is 0 Å². The second-order valence-corrected chi connectivity index (χ2v) is 6.69. The van der Waals surface area contributed by atoms with Gasteiger partial charge in [0.1, 0.15) is 5.82 Å². The average molecular weight is 343 g/mol. The third-order valence-corrected chi connectivity index (χ3v) is 4.88. The van der Waals surface area contributed by atoms with Crippen LogP contribution in [0.3, 0.4) is 0 Å². The van der Waals surface area contributed by atoms with Gasteiger partial charge in [0.2, 0.25) is 5.91 Å². The normalized spacial score (nSPS) is 21.2. The van der Waals surface area contributed by atoms with Gasteiger partial charge in [-0.2, -0.15) is 0 Å². The molecule has 1 fully saturated rings. The van der Waals surface area contributed by atoms with Crippen LogP contribution in [0, 0.1) is 17.7 Å². The quantitative estimate of drug-likeness (QED) is 0.860. The van der Waals surface area contributed by atoms with Crippen molar-refractivity contribution in [1.29, 1.82) is 0 Å². The van der Waals surface area contributed by atoms with Crippen molar-refractivity contribution in [2.24, 2.45) is 11.8 Å². The minimum absolute atomic E-state index is 0.00669. The summed E-state index contributed by atoms with van der Waals surface area (Å²) in [7, 11) is 2.04. The van der Waals surface area contributed by atoms with Gasteiger partial charge in [0.25, 0.3) is 0 Å². The van der Waals surface area contributed by atoms with Gasteiger partial charge in [0.15, 0.2) is 0 Å². The first kappa shape index (κ1) is 18.2. The van der Waals surface area contributed by atoms with Crippen LogP contribution < -0.4 is 0 Å². The summed E-state index contributed by atoms with van der Waals surface area (Å²) in [6.45, 7) is 5.22. The summed E-state index contributed by atoms with van der Waals surface area (Å²) in [6, 6.07) is 4.36. The van der Waals surface area contributed by atoms with Gasteiger partial charge >= 0.3 is 0 Å². The number of nitrogens with zero attached hydrogens (tertiary/aromatic N) is 2. The third kappa shape index (κ3) is 4.66. The highest BCUT2D eigenvalue weighted by Gasteiger charge is 2.35. The minimum atomic E-state index is -0.480. The number of likely N-dealkylation sites (tertiary alicyclic amines) is 1. The molecular formula is C17H24ClFN2O2. The van der Waals surface area contributed by atoms with Gasteiger partial charge < -0.3 is 14.9 Å². The van der Waals surface area contributed by atoms with Crippen LogP contribution in [0.5, 0.6) is 0 Å². The van der Waals surface area contributed by atoms with E-state index < -0.39 is 5.82 Å². The van der Waals surface area contributed by atoms with E-state index in [1.807, 2.05) is 7.05 Å². The molecule has 128 valence electrons. The predicted molar refractivity (Wildman–Crippen MR) is 88.9 cm³/mol. The number of carbonyl (C=O) groups is 1. The van der Waals surface area contributed by atoms with Crippen LogP contribution >= 0.6 is 11.6 Å². The highest BCUT2D eigenvalue weighted by molar-refractivity contribution is 6.30. The number of aliphatic hydroxyl groups is 1. The van der Waals surface area contributed by atoms with Crippen LogP contribution in [0.2, 0.25) is 5.02 Å². The number of carbonyl (C=O) groups excluding carboxylic acids is 1. The van der Waals surface area contributed by atoms with Gasteiger partial charge in [0.05, 0.1) is 11.4 Å². The number of halogens is 2. The molecule has 23 heavy (non-hydrogen) atoms. The zero-order valence-corrected chi connectivity index (χ0v) is 14.4. The van der Waals surface area contributed by atoms with Crippen LogP contribution in [0.4, 0.5) is 4.39 Å². The Hall–Kier alpha value is -1.17. The van der Waals surface area contributed by atoms with Crippen molar-refractivity contribution < 1.29 is 14.3 Å². The summed E-state index contributed by atoms with van der Waals surface area (Å²) in [4.78, 5) is 16.5. The van der Waals surface area contributed by atoms with Crippen LogP contribution in [-0.4, -0.2) is 60.6 Å². The Bertz CT molecular complexity index is 555. The number of rotatable bonds is 6. The highest BCUT2D eigenvalue weighted by Crippen LogP contribution is 2.25. The fourth-order valence-corrected chi connectivity index (χ4v) is 3.22. The molecule has 1 N–H and O–H groups in total. The third-order valence-electron chi connectivity index (χ3n) is 4.59. The maximum Gasteiger partial charge on any atom is 0.227 e. The van der Waals surface area contributed by atoms with E-state index in [-0.39, 0.29) is 35.8 Å². The first-order chi connectivity index (χ1) is 10.9. The molecule has 1 aromatic carbocycles. The number of aliphatic hydroxyl groups excluding tert-OH is 1. The molecule has 0 radical (unpaired) electrons. The Kier molecular flexibility index (Phi) is 6.39. The Morgan fingerprint density at radius 3 is 2.74 bits per heavy atom. The minimum Gasteiger partial charge on any atom is -0.396 e. The monoisotopic (exact) mass is 342 g/mol. The first-order valence-corrected chi connectivity index (χ1v) is 8.33. The highest BCUT2D eigenvalue weighted by atomic mass is 35.5. The lowest BCUT2D eigenvalue weighted by molar-refractivity contribution is -0.129. The van der Waals surface area contributed by atoms with Crippen molar-refractivity contribution in [3.63, 3.8) is 0 Å². The summed E-state index contributed by atoms with van der Waals surface area (Å²) in [5, 5.41) is 9.60. The Morgan fingerprint density at radius 1 is 1.43 bits per heavy atom. The molecule has 2 rings (SSSR count). The zero-order valence-electron chi connectivity index (χ0n) is 13.6. The van der Waals surface area contributed by atoms with Crippen LogP contribution in [0.25, 0.3) is 0 Å². The molecule has 0 saturated carbocycles. The molecule has 1 amide bonds. The van der Waals surface area contributed by atoms with Crippen LogP contribution in [-0.2, 0) is 11.2 Å². The Morgan fingerprint density at radius 2 is 2.13 bits per heavy atom. The molecule has 1 aromatic rings. The maximum atomic E-state index is 13.2. The van der Waals surface area contributed by atoms with E-state index >= 15 is 0 Å². The van der Waals surface area contributed by atoms with Crippen molar-refractivity contribution in [3.8, 4) is 0 Å². The fraction of sp³-hybridized carbons (Fsp3) is 0.588. The Balaban J connectivity index is 1.98. The first-order valence-electron chi connectivity index (χ1n) is 7.95. The lowest BCUT2D eigenvalue weighted by atomic mass is 9.96. The van der Waals surface area contributed by atoms with Gasteiger partial charge in [-0.05, 0) is 37.2 Å². The summed E-state index contributed by atoms with van der Waals surface area (Å²) < 4.78 is 13.2. The molecule has 0 bridgehead atoms. The van der Waals surface area contributed by atoms with Crippen molar-refractivity contribution in [2.75, 3.05) is 39.8 Å². The second-order valence-electron chi connectivity index (χ2n) is 6.28. The molecular weight excluding hydrogens is 319 g/mol. The standard InChI is InChI=1S/C17H24ClFN2O2/c1-3-20(2)8-13-9-21(10-14(13)11-22)17(23)7-12-4-5-16(19)15(18)6-12/h4-6,13-14,22H,3,7-11H2,1-2H3/t13-,14-/m1/s1. The molecule has 4 nitrogen and oxygen atoms in total. The van der Waals surface area contributed by atoms with Crippen molar-refractivity contribution in [1.82, 2.24) is 9.80 Å². The van der Waals surface area contributed by atoms with Crippen molar-refractivity contribution >= 4 is 17.5 Å². The summed E-state index contributed by atoms with van der Waals surface area (Å²) in [5.74, 6) is -0.0877. The SMILES string of the molecule is CCN(C)C[C@@H]1CN(C(=O)Cc2ccc(F)c(Cl)c2)C[C@@H]1CO. The van der Waals surface area contributed by atoms with Crippen molar-refractivity contribution in [3.05, 3.63) is 34.6 Å². The fourth-order valence-electron chi connectivity index (χ4n) is 3.02. The van der Waals surface area contributed by atoms with Crippen LogP contribution in [0.1, 0.15) is 12.5 Å². The van der Waals surface area contributed by atoms with Gasteiger partial charge in [-0.1, -0.05) is 24.6 Å². The molecule has 1 saturated heterocycles. The maximum absolute atomic E-state index is 13.2. The molecule has 1 aliphatic heterocycles. The number of hydrogen-bond donors (Lipinski definition) is 1. The Labute approximate surface area is 141 Å². The molecule has 1 aliphatic rings. The van der Waals surface area contributed by atoms with E-state index in [9.17, 15) is 14.3 Å². The molecule has 1 heterocycles. The largest absolute Gasteiger partial charge is 0.396 e. The van der Waals surface area contributed by atoms with Crippen LogP contribution in [0.15, 0.2) is 18.2 Å². The van der Waals surface area contributed by atoms with E-state index in [1.165, 1.54) is 12.1 Å². The van der Waals surface area contributed by atoms with E-state index in [2.05, 4.69) is 11.8 Å². The predicted octanol–water partition coefficient (Wildman–Crippen LogP) is 2.04. The average Bonchev–Trinajstić information content (AvgIpc) is 2.93. The van der Waals surface area contributed by atoms with Gasteiger partial charge in [0, 0.05) is 32.2 Å². The van der Waals surface area contributed by atoms with Gasteiger partial charge in [-0.25, -0.2) is 4.39 Å². The van der Waals surface area contributed by atoms with Crippen molar-refractivity contribution in [2.45, 2.75) is 13.3 Å². The molecule has 0 unspecified atom stereocenters. The number of amides is 1. The van der Waals surface area contributed by atoms with E-state index in [1.54, 1.807) is 11.0 Å². The lowest BCUT2D eigenvalue weighted by Crippen LogP contribution is -2.32. The zero-order chi connectivity index (χ0) is 17.0. The molecule has 0 spiro atoms. The van der Waals surface area contributed by atoms with Gasteiger partial charge in [-0.3, -0.25) is 4.79 Å². The molecule has 0 aromatic heterocycles. The summed E-state index contributed by atoms with van der Waals surface area (Å²) >= 11 is 5.76. The lowest BCUT2D eigenvalue weighted by Gasteiger charge is -2.22. The molecule has 2 atom stereocenters. The molecule has 0 aliphatic carbocycles. The van der Waals surface area contributed by atoms with E-state index in [4.69, 9.17) is 11.6 Å². The smallest absolute Gasteiger partial charge is 0.227 e. The topological polar surface area (TPSA) is 43.8 Å². The number of benzene rings is 1.